The van der Waals surface area contributed by atoms with Gasteiger partial charge in [-0.05, 0) is 47.4 Å². The molecule has 1 aromatic heterocycles. The van der Waals surface area contributed by atoms with Crippen molar-refractivity contribution in [3.05, 3.63) is 112 Å². The third-order valence-corrected chi connectivity index (χ3v) is 9.59. The molecule has 8 nitrogen and oxygen atoms in total. The molecular formula is C34H32ClN3O5S2. The van der Waals surface area contributed by atoms with Crippen LogP contribution in [-0.2, 0) is 15.3 Å². The average Bonchev–Trinajstić information content (AvgIpc) is 3.63. The molecule has 1 atom stereocenters. The number of anilines is 1. The number of ether oxygens (including phenoxy) is 2. The molecule has 1 aliphatic rings. The molecule has 1 unspecified atom stereocenters. The minimum atomic E-state index is -0.983. The first-order valence-corrected chi connectivity index (χ1v) is 16.6. The van der Waals surface area contributed by atoms with Crippen molar-refractivity contribution in [1.82, 2.24) is 10.2 Å². The van der Waals surface area contributed by atoms with Crippen LogP contribution in [0.3, 0.4) is 0 Å². The molecule has 0 saturated heterocycles. The van der Waals surface area contributed by atoms with E-state index in [2.05, 4.69) is 17.1 Å². The van der Waals surface area contributed by atoms with Gasteiger partial charge < -0.3 is 14.6 Å². The van der Waals surface area contributed by atoms with E-state index in [1.165, 1.54) is 41.2 Å². The molecule has 2 heterocycles. The van der Waals surface area contributed by atoms with E-state index in [-0.39, 0.29) is 10.7 Å². The van der Waals surface area contributed by atoms with Gasteiger partial charge in [-0.1, -0.05) is 115 Å². The van der Waals surface area contributed by atoms with E-state index in [4.69, 9.17) is 21.1 Å². The summed E-state index contributed by atoms with van der Waals surface area (Å²) in [7, 11) is 1.53. The van der Waals surface area contributed by atoms with Crippen molar-refractivity contribution in [2.75, 3.05) is 18.6 Å². The second-order valence-electron chi connectivity index (χ2n) is 10.1. The van der Waals surface area contributed by atoms with E-state index in [0.29, 0.717) is 38.8 Å². The van der Waals surface area contributed by atoms with Crippen molar-refractivity contribution in [2.45, 2.75) is 42.3 Å². The summed E-state index contributed by atoms with van der Waals surface area (Å²) in [5.41, 5.74) is 2.23. The average molecular weight is 662 g/mol. The standard InChI is InChI=1S/C34H32ClN3O5S2/c1-3-4-10-19-43-27-18-16-23(20-28(27)42-2)30-29(26(39)17-15-22-11-6-5-7-12-22)31(40)32(41)38(30)33-36-37-34(45-33)44-21-24-13-8-9-14-25(24)35/h5-9,11-18,20,30,40H,3-4,10,19,21H2,1-2H3. The third-order valence-electron chi connectivity index (χ3n) is 7.12. The Morgan fingerprint density at radius 3 is 2.60 bits per heavy atom. The monoisotopic (exact) mass is 661 g/mol. The fourth-order valence-corrected chi connectivity index (χ4v) is 6.97. The molecule has 0 bridgehead atoms. The number of aliphatic hydroxyl groups excluding tert-OH is 1. The van der Waals surface area contributed by atoms with Gasteiger partial charge in [0.25, 0.3) is 5.91 Å². The number of aliphatic hydroxyl groups is 1. The first-order valence-electron chi connectivity index (χ1n) is 14.5. The molecule has 0 aliphatic carbocycles. The van der Waals surface area contributed by atoms with Crippen molar-refractivity contribution in [1.29, 1.82) is 0 Å². The van der Waals surface area contributed by atoms with Crippen LogP contribution >= 0.6 is 34.7 Å². The minimum absolute atomic E-state index is 0.0636. The van der Waals surface area contributed by atoms with E-state index in [1.807, 2.05) is 54.6 Å². The number of carbonyl (C=O) groups is 2. The Bertz CT molecular complexity index is 1720. The number of unbranched alkanes of at least 4 members (excludes halogenated alkanes) is 2. The predicted molar refractivity (Wildman–Crippen MR) is 179 cm³/mol. The number of thioether (sulfide) groups is 1. The van der Waals surface area contributed by atoms with Crippen LogP contribution < -0.4 is 14.4 Å². The minimum Gasteiger partial charge on any atom is -0.503 e. The molecule has 0 saturated carbocycles. The second-order valence-corrected chi connectivity index (χ2v) is 12.7. The molecule has 0 fully saturated rings. The molecule has 5 rings (SSSR count). The van der Waals surface area contributed by atoms with Gasteiger partial charge in [-0.2, -0.15) is 0 Å². The summed E-state index contributed by atoms with van der Waals surface area (Å²) in [6.07, 6.45) is 6.03. The Morgan fingerprint density at radius 2 is 1.84 bits per heavy atom. The fourth-order valence-electron chi connectivity index (χ4n) is 4.82. The number of rotatable bonds is 14. The number of methoxy groups -OCH3 is 1. The second kappa shape index (κ2) is 15.2. The molecule has 1 N–H and O–H groups in total. The zero-order chi connectivity index (χ0) is 31.8. The van der Waals surface area contributed by atoms with Gasteiger partial charge in [0.2, 0.25) is 5.13 Å². The summed E-state index contributed by atoms with van der Waals surface area (Å²) in [5, 5.41) is 20.6. The maximum absolute atomic E-state index is 13.7. The highest BCUT2D eigenvalue weighted by Crippen LogP contribution is 2.45. The first-order chi connectivity index (χ1) is 21.9. The molecule has 4 aromatic rings. The number of hydrogen-bond donors (Lipinski definition) is 1. The number of halogens is 1. The largest absolute Gasteiger partial charge is 0.503 e. The van der Waals surface area contributed by atoms with Crippen molar-refractivity contribution in [3.8, 4) is 11.5 Å². The lowest BCUT2D eigenvalue weighted by molar-refractivity contribution is -0.117. The van der Waals surface area contributed by atoms with E-state index in [0.717, 1.165) is 30.4 Å². The molecule has 0 radical (unpaired) electrons. The maximum Gasteiger partial charge on any atom is 0.296 e. The summed E-state index contributed by atoms with van der Waals surface area (Å²) < 4.78 is 12.2. The van der Waals surface area contributed by atoms with E-state index in [1.54, 1.807) is 24.3 Å². The summed E-state index contributed by atoms with van der Waals surface area (Å²) in [6, 6.07) is 21.1. The predicted octanol–water partition coefficient (Wildman–Crippen LogP) is 8.24. The van der Waals surface area contributed by atoms with Crippen LogP contribution in [-0.4, -0.2) is 40.7 Å². The Morgan fingerprint density at radius 1 is 1.07 bits per heavy atom. The summed E-state index contributed by atoms with van der Waals surface area (Å²) in [6.45, 7) is 2.66. The fraction of sp³-hybridized carbons (Fsp3) is 0.235. The van der Waals surface area contributed by atoms with Crippen LogP contribution in [0, 0.1) is 0 Å². The number of amides is 1. The van der Waals surface area contributed by atoms with Crippen LogP contribution in [0.15, 0.2) is 94.5 Å². The van der Waals surface area contributed by atoms with Gasteiger partial charge in [0.05, 0.1) is 25.3 Å². The molecule has 0 spiro atoms. The maximum atomic E-state index is 13.7. The molecule has 1 amide bonds. The first kappa shape index (κ1) is 32.3. The highest BCUT2D eigenvalue weighted by atomic mass is 35.5. The normalized spacial score (nSPS) is 14.9. The van der Waals surface area contributed by atoms with Crippen molar-refractivity contribution in [3.63, 3.8) is 0 Å². The molecular weight excluding hydrogens is 630 g/mol. The van der Waals surface area contributed by atoms with Crippen LogP contribution in [0.1, 0.15) is 48.9 Å². The summed E-state index contributed by atoms with van der Waals surface area (Å²) in [4.78, 5) is 28.6. The molecule has 11 heteroatoms. The Hall–Kier alpha value is -4.12. The lowest BCUT2D eigenvalue weighted by atomic mass is 9.95. The van der Waals surface area contributed by atoms with Crippen LogP contribution in [0.2, 0.25) is 5.02 Å². The number of carbonyl (C=O) groups excluding carboxylic acids is 2. The third kappa shape index (κ3) is 7.58. The van der Waals surface area contributed by atoms with E-state index < -0.39 is 23.5 Å². The topological polar surface area (TPSA) is 102 Å². The van der Waals surface area contributed by atoms with Gasteiger partial charge in [0.1, 0.15) is 0 Å². The summed E-state index contributed by atoms with van der Waals surface area (Å²) >= 11 is 8.94. The number of aromatic nitrogens is 2. The Balaban J connectivity index is 1.48. The molecule has 1 aliphatic heterocycles. The van der Waals surface area contributed by atoms with Gasteiger partial charge >= 0.3 is 0 Å². The number of hydrogen-bond acceptors (Lipinski definition) is 9. The highest BCUT2D eigenvalue weighted by Gasteiger charge is 2.45. The Kier molecular flexibility index (Phi) is 10.9. The van der Waals surface area contributed by atoms with Crippen molar-refractivity contribution >= 4 is 57.6 Å². The van der Waals surface area contributed by atoms with Gasteiger partial charge in [-0.25, -0.2) is 0 Å². The number of benzene rings is 3. The molecule has 3 aromatic carbocycles. The molecule has 232 valence electrons. The smallest absolute Gasteiger partial charge is 0.296 e. The lowest BCUT2D eigenvalue weighted by Gasteiger charge is -2.24. The van der Waals surface area contributed by atoms with Crippen LogP contribution in [0.4, 0.5) is 5.13 Å². The SMILES string of the molecule is CCCCCOc1ccc(C2C(C(=O)C=Cc3ccccc3)=C(O)C(=O)N2c2nnc(SCc3ccccc3Cl)s2)cc1OC. The van der Waals surface area contributed by atoms with Gasteiger partial charge in [-0.15, -0.1) is 10.2 Å². The van der Waals surface area contributed by atoms with Gasteiger partial charge in [0.15, 0.2) is 27.4 Å². The highest BCUT2D eigenvalue weighted by molar-refractivity contribution is 8.00. The zero-order valence-corrected chi connectivity index (χ0v) is 27.2. The summed E-state index contributed by atoms with van der Waals surface area (Å²) in [5.74, 6) is -0.333. The number of allylic oxidation sites excluding steroid dienone is 1. The zero-order valence-electron chi connectivity index (χ0n) is 24.8. The quantitative estimate of drug-likeness (QED) is 0.0624. The lowest BCUT2D eigenvalue weighted by Crippen LogP contribution is -2.30. The van der Waals surface area contributed by atoms with Crippen LogP contribution in [0.25, 0.3) is 6.08 Å². The van der Waals surface area contributed by atoms with Gasteiger partial charge in [-0.3, -0.25) is 14.5 Å². The van der Waals surface area contributed by atoms with E-state index >= 15 is 0 Å². The number of ketones is 1. The Labute approximate surface area is 275 Å². The van der Waals surface area contributed by atoms with Crippen LogP contribution in [0.5, 0.6) is 11.5 Å². The number of nitrogens with zero attached hydrogens (tertiary/aromatic N) is 3. The molecule has 45 heavy (non-hydrogen) atoms. The van der Waals surface area contributed by atoms with Crippen molar-refractivity contribution < 1.29 is 24.2 Å². The van der Waals surface area contributed by atoms with E-state index in [9.17, 15) is 14.7 Å². The van der Waals surface area contributed by atoms with Gasteiger partial charge in [0, 0.05) is 10.8 Å². The van der Waals surface area contributed by atoms with Crippen molar-refractivity contribution in [2.24, 2.45) is 0 Å².